The third-order valence-electron chi connectivity index (χ3n) is 4.15. The van der Waals surface area contributed by atoms with Gasteiger partial charge in [0, 0.05) is 16.8 Å². The fourth-order valence-electron chi connectivity index (χ4n) is 3.03. The number of methoxy groups -OCH3 is 1. The van der Waals surface area contributed by atoms with E-state index in [1.165, 1.54) is 0 Å². The summed E-state index contributed by atoms with van der Waals surface area (Å²) < 4.78 is 7.88. The highest BCUT2D eigenvalue weighted by Gasteiger charge is 2.12. The molecule has 0 saturated heterocycles. The number of imidazole rings is 1. The van der Waals surface area contributed by atoms with Gasteiger partial charge < -0.3 is 9.72 Å². The predicted molar refractivity (Wildman–Crippen MR) is 120 cm³/mol. The van der Waals surface area contributed by atoms with Crippen LogP contribution in [0.3, 0.4) is 0 Å². The molecule has 28 heavy (non-hydrogen) atoms. The SMILES string of the molecule is CC.CC.COc1ccc2c(c1)[nH]c(=S)n2-c1ccc(C#N)c2ccccc12. The van der Waals surface area contributed by atoms with Crippen molar-refractivity contribution in [2.75, 3.05) is 7.11 Å². The van der Waals surface area contributed by atoms with Crippen LogP contribution in [-0.4, -0.2) is 16.7 Å². The highest BCUT2D eigenvalue weighted by Crippen LogP contribution is 2.29. The molecule has 3 aromatic carbocycles. The predicted octanol–water partition coefficient (Wildman–Crippen LogP) is 6.77. The van der Waals surface area contributed by atoms with Gasteiger partial charge in [-0.1, -0.05) is 52.0 Å². The highest BCUT2D eigenvalue weighted by atomic mass is 32.1. The van der Waals surface area contributed by atoms with Crippen LogP contribution in [-0.2, 0) is 0 Å². The number of fused-ring (bicyclic) bond motifs is 2. The van der Waals surface area contributed by atoms with E-state index in [1.807, 2.05) is 86.9 Å². The van der Waals surface area contributed by atoms with Gasteiger partial charge in [-0.3, -0.25) is 4.57 Å². The molecule has 144 valence electrons. The van der Waals surface area contributed by atoms with E-state index in [2.05, 4.69) is 11.1 Å². The second-order valence-electron chi connectivity index (χ2n) is 5.44. The molecule has 0 aliphatic rings. The second kappa shape index (κ2) is 9.72. The zero-order valence-corrected chi connectivity index (χ0v) is 17.7. The number of nitrogens with one attached hydrogen (secondary N) is 1. The summed E-state index contributed by atoms with van der Waals surface area (Å²) in [5.74, 6) is 0.774. The van der Waals surface area contributed by atoms with Crippen molar-refractivity contribution in [3.63, 3.8) is 0 Å². The van der Waals surface area contributed by atoms with Gasteiger partial charge in [0.25, 0.3) is 0 Å². The molecule has 0 amide bonds. The van der Waals surface area contributed by atoms with Crippen molar-refractivity contribution < 1.29 is 4.74 Å². The Morgan fingerprint density at radius 2 is 1.64 bits per heavy atom. The first-order chi connectivity index (χ1) is 13.7. The van der Waals surface area contributed by atoms with E-state index >= 15 is 0 Å². The number of aromatic nitrogens is 2. The lowest BCUT2D eigenvalue weighted by Gasteiger charge is -2.10. The lowest BCUT2D eigenvalue weighted by Crippen LogP contribution is -1.96. The van der Waals surface area contributed by atoms with Gasteiger partial charge in [0.05, 0.1) is 35.5 Å². The number of nitrogens with zero attached hydrogens (tertiary/aromatic N) is 2. The Bertz CT molecular complexity index is 1180. The minimum Gasteiger partial charge on any atom is -0.497 e. The summed E-state index contributed by atoms with van der Waals surface area (Å²) in [4.78, 5) is 3.23. The first-order valence-corrected chi connectivity index (χ1v) is 9.85. The molecule has 4 aromatic rings. The summed E-state index contributed by atoms with van der Waals surface area (Å²) >= 11 is 5.54. The van der Waals surface area contributed by atoms with Crippen LogP contribution in [0.1, 0.15) is 33.3 Å². The molecular weight excluding hydrogens is 366 g/mol. The van der Waals surface area contributed by atoms with Gasteiger partial charge in [-0.15, -0.1) is 0 Å². The Balaban J connectivity index is 0.000000660. The monoisotopic (exact) mass is 391 g/mol. The third-order valence-corrected chi connectivity index (χ3v) is 4.44. The molecule has 0 aliphatic carbocycles. The van der Waals surface area contributed by atoms with Crippen LogP contribution in [0.5, 0.6) is 5.75 Å². The molecule has 1 N–H and O–H groups in total. The number of aromatic amines is 1. The smallest absolute Gasteiger partial charge is 0.182 e. The zero-order chi connectivity index (χ0) is 20.7. The van der Waals surface area contributed by atoms with E-state index in [0.29, 0.717) is 10.3 Å². The minimum atomic E-state index is 0.605. The fraction of sp³-hybridized carbons (Fsp3) is 0.217. The molecule has 0 bridgehead atoms. The molecule has 0 spiro atoms. The number of nitriles is 1. The Morgan fingerprint density at radius 3 is 2.29 bits per heavy atom. The largest absolute Gasteiger partial charge is 0.497 e. The highest BCUT2D eigenvalue weighted by molar-refractivity contribution is 7.71. The lowest BCUT2D eigenvalue weighted by molar-refractivity contribution is 0.415. The van der Waals surface area contributed by atoms with Crippen LogP contribution < -0.4 is 4.74 Å². The van der Waals surface area contributed by atoms with Crippen LogP contribution in [0, 0.1) is 16.1 Å². The summed E-state index contributed by atoms with van der Waals surface area (Å²) in [6.45, 7) is 8.00. The maximum Gasteiger partial charge on any atom is 0.182 e. The fourth-order valence-corrected chi connectivity index (χ4v) is 3.34. The Hall–Kier alpha value is -3.10. The van der Waals surface area contributed by atoms with Gasteiger partial charge in [-0.05, 0) is 36.5 Å². The van der Waals surface area contributed by atoms with Crippen LogP contribution in [0.4, 0.5) is 0 Å². The summed E-state index contributed by atoms with van der Waals surface area (Å²) in [5.41, 5.74) is 3.48. The molecule has 0 aliphatic heterocycles. The van der Waals surface area contributed by atoms with E-state index in [-0.39, 0.29) is 0 Å². The van der Waals surface area contributed by atoms with Crippen molar-refractivity contribution in [1.29, 1.82) is 5.26 Å². The third kappa shape index (κ3) is 3.78. The number of hydrogen-bond donors (Lipinski definition) is 1. The average molecular weight is 392 g/mol. The topological polar surface area (TPSA) is 53.7 Å². The van der Waals surface area contributed by atoms with Gasteiger partial charge in [0.2, 0.25) is 0 Å². The summed E-state index contributed by atoms with van der Waals surface area (Å²) in [6.07, 6.45) is 0. The molecule has 1 heterocycles. The number of hydrogen-bond acceptors (Lipinski definition) is 3. The summed E-state index contributed by atoms with van der Waals surface area (Å²) in [6, 6.07) is 19.7. The normalized spacial score (nSPS) is 9.71. The molecular formula is C23H25N3OS. The van der Waals surface area contributed by atoms with Crippen molar-refractivity contribution in [3.05, 3.63) is 64.9 Å². The van der Waals surface area contributed by atoms with E-state index in [4.69, 9.17) is 17.0 Å². The van der Waals surface area contributed by atoms with E-state index < -0.39 is 0 Å². The summed E-state index contributed by atoms with van der Waals surface area (Å²) in [5, 5.41) is 11.3. The maximum absolute atomic E-state index is 9.34. The molecule has 0 radical (unpaired) electrons. The quantitative estimate of drug-likeness (QED) is 0.383. The molecule has 0 saturated carbocycles. The van der Waals surface area contributed by atoms with Crippen molar-refractivity contribution in [2.45, 2.75) is 27.7 Å². The number of ether oxygens (including phenoxy) is 1. The average Bonchev–Trinajstić information content (AvgIpc) is 3.10. The molecule has 5 heteroatoms. The molecule has 0 unspecified atom stereocenters. The minimum absolute atomic E-state index is 0.605. The molecule has 1 aromatic heterocycles. The molecule has 0 atom stereocenters. The van der Waals surface area contributed by atoms with Crippen LogP contribution in [0.25, 0.3) is 27.5 Å². The first kappa shape index (κ1) is 21.2. The van der Waals surface area contributed by atoms with Gasteiger partial charge in [0.15, 0.2) is 4.77 Å². The number of rotatable bonds is 2. The van der Waals surface area contributed by atoms with Crippen LogP contribution in [0.15, 0.2) is 54.6 Å². The Labute approximate surface area is 171 Å². The lowest BCUT2D eigenvalue weighted by atomic mass is 10.0. The zero-order valence-electron chi connectivity index (χ0n) is 16.9. The summed E-state index contributed by atoms with van der Waals surface area (Å²) in [7, 11) is 1.64. The Kier molecular flexibility index (Phi) is 7.36. The van der Waals surface area contributed by atoms with Gasteiger partial charge in [-0.25, -0.2) is 0 Å². The van der Waals surface area contributed by atoms with Crippen molar-refractivity contribution in [3.8, 4) is 17.5 Å². The van der Waals surface area contributed by atoms with Gasteiger partial charge in [-0.2, -0.15) is 5.26 Å². The first-order valence-electron chi connectivity index (χ1n) is 9.44. The van der Waals surface area contributed by atoms with E-state index in [9.17, 15) is 5.26 Å². The van der Waals surface area contributed by atoms with E-state index in [1.54, 1.807) is 7.11 Å². The van der Waals surface area contributed by atoms with Crippen LogP contribution in [0.2, 0.25) is 0 Å². The van der Waals surface area contributed by atoms with Gasteiger partial charge in [0.1, 0.15) is 5.75 Å². The van der Waals surface area contributed by atoms with Crippen molar-refractivity contribution in [1.82, 2.24) is 9.55 Å². The van der Waals surface area contributed by atoms with E-state index in [0.717, 1.165) is 33.2 Å². The second-order valence-corrected chi connectivity index (χ2v) is 5.82. The molecule has 4 rings (SSSR count). The number of benzene rings is 3. The standard InChI is InChI=1S/C19H13N3OS.2C2H6/c1-23-13-7-9-18-16(10-13)21-19(24)22(18)17-8-6-12(11-20)14-4-2-3-5-15(14)17;2*1-2/h2-10H,1H3,(H,21,24);2*1-2H3. The van der Waals surface area contributed by atoms with Crippen molar-refractivity contribution >= 4 is 34.0 Å². The molecule has 4 nitrogen and oxygen atoms in total. The number of H-pyrrole nitrogens is 1. The maximum atomic E-state index is 9.34. The van der Waals surface area contributed by atoms with Crippen molar-refractivity contribution in [2.24, 2.45) is 0 Å². The van der Waals surface area contributed by atoms with Gasteiger partial charge >= 0.3 is 0 Å². The molecule has 0 fully saturated rings. The van der Waals surface area contributed by atoms with Crippen LogP contribution >= 0.6 is 12.2 Å². The Morgan fingerprint density at radius 1 is 0.964 bits per heavy atom.